The molecular weight excluding hydrogens is 230 g/mol. The van der Waals surface area contributed by atoms with Crippen LogP contribution in [0.2, 0.25) is 0 Å². The molecule has 2 aromatic rings. The minimum atomic E-state index is -1.08. The Balaban J connectivity index is 2.45. The number of halogens is 2. The molecule has 0 atom stereocenters. The SMILES string of the molecule is Cc1ccc(C(=O)c2cccc(F)c2F)s1. The number of benzene rings is 1. The van der Waals surface area contributed by atoms with Crippen LogP contribution in [0, 0.1) is 18.6 Å². The van der Waals surface area contributed by atoms with E-state index in [1.165, 1.54) is 23.5 Å². The second-order valence-corrected chi connectivity index (χ2v) is 4.63. The summed E-state index contributed by atoms with van der Waals surface area (Å²) in [6, 6.07) is 7.00. The summed E-state index contributed by atoms with van der Waals surface area (Å²) in [6.45, 7) is 1.85. The van der Waals surface area contributed by atoms with Gasteiger partial charge in [0.1, 0.15) is 0 Å². The number of hydrogen-bond acceptors (Lipinski definition) is 2. The molecule has 0 N–H and O–H groups in total. The Kier molecular flexibility index (Phi) is 2.83. The second kappa shape index (κ2) is 4.14. The van der Waals surface area contributed by atoms with Gasteiger partial charge in [-0.1, -0.05) is 6.07 Å². The van der Waals surface area contributed by atoms with Crippen LogP contribution in [0.1, 0.15) is 20.1 Å². The Bertz CT molecular complexity index is 546. The highest BCUT2D eigenvalue weighted by molar-refractivity contribution is 7.14. The molecule has 82 valence electrons. The topological polar surface area (TPSA) is 17.1 Å². The minimum absolute atomic E-state index is 0.221. The monoisotopic (exact) mass is 238 g/mol. The molecule has 0 aliphatic heterocycles. The third-order valence-electron chi connectivity index (χ3n) is 2.16. The summed E-state index contributed by atoms with van der Waals surface area (Å²) in [7, 11) is 0. The molecule has 0 saturated carbocycles. The van der Waals surface area contributed by atoms with E-state index in [4.69, 9.17) is 0 Å². The normalized spacial score (nSPS) is 10.4. The van der Waals surface area contributed by atoms with E-state index in [0.717, 1.165) is 10.9 Å². The Hall–Kier alpha value is -1.55. The van der Waals surface area contributed by atoms with Gasteiger partial charge in [0.15, 0.2) is 11.6 Å². The van der Waals surface area contributed by atoms with Gasteiger partial charge >= 0.3 is 0 Å². The van der Waals surface area contributed by atoms with Gasteiger partial charge in [0, 0.05) is 4.88 Å². The summed E-state index contributed by atoms with van der Waals surface area (Å²) in [5, 5.41) is 0. The lowest BCUT2D eigenvalue weighted by molar-refractivity contribution is 0.103. The summed E-state index contributed by atoms with van der Waals surface area (Å²) in [6.07, 6.45) is 0. The van der Waals surface area contributed by atoms with Crippen molar-refractivity contribution in [1.29, 1.82) is 0 Å². The van der Waals surface area contributed by atoms with Crippen LogP contribution in [0.25, 0.3) is 0 Å². The zero-order chi connectivity index (χ0) is 11.7. The van der Waals surface area contributed by atoms with Gasteiger partial charge < -0.3 is 0 Å². The fourth-order valence-electron chi connectivity index (χ4n) is 1.37. The lowest BCUT2D eigenvalue weighted by Crippen LogP contribution is -2.03. The van der Waals surface area contributed by atoms with Crippen LogP contribution < -0.4 is 0 Å². The minimum Gasteiger partial charge on any atom is -0.288 e. The Morgan fingerprint density at radius 1 is 1.19 bits per heavy atom. The first kappa shape index (κ1) is 11.0. The lowest BCUT2D eigenvalue weighted by Gasteiger charge is -2.00. The average molecular weight is 238 g/mol. The van der Waals surface area contributed by atoms with Crippen molar-refractivity contribution in [3.8, 4) is 0 Å². The van der Waals surface area contributed by atoms with Gasteiger partial charge in [-0.15, -0.1) is 11.3 Å². The first-order chi connectivity index (χ1) is 7.59. The third-order valence-corrected chi connectivity index (χ3v) is 3.16. The number of thiophene rings is 1. The predicted molar refractivity (Wildman–Crippen MR) is 58.8 cm³/mol. The highest BCUT2D eigenvalue weighted by Gasteiger charge is 2.17. The molecule has 16 heavy (non-hydrogen) atoms. The molecule has 4 heteroatoms. The molecule has 0 fully saturated rings. The maximum atomic E-state index is 13.4. The van der Waals surface area contributed by atoms with Crippen molar-refractivity contribution in [3.63, 3.8) is 0 Å². The van der Waals surface area contributed by atoms with Gasteiger partial charge in [0.25, 0.3) is 0 Å². The molecule has 0 aliphatic rings. The first-order valence-corrected chi connectivity index (χ1v) is 5.46. The molecular formula is C12H8F2OS. The fourth-order valence-corrected chi connectivity index (χ4v) is 2.19. The summed E-state index contributed by atoms with van der Waals surface area (Å²) >= 11 is 1.27. The van der Waals surface area contributed by atoms with E-state index in [9.17, 15) is 13.6 Å². The molecule has 0 saturated heterocycles. The number of aryl methyl sites for hydroxylation is 1. The highest BCUT2D eigenvalue weighted by atomic mass is 32.1. The van der Waals surface area contributed by atoms with Crippen molar-refractivity contribution < 1.29 is 13.6 Å². The number of carbonyl (C=O) groups excluding carboxylic acids is 1. The first-order valence-electron chi connectivity index (χ1n) is 4.65. The lowest BCUT2D eigenvalue weighted by atomic mass is 10.1. The van der Waals surface area contributed by atoms with Crippen molar-refractivity contribution in [3.05, 3.63) is 57.3 Å². The fraction of sp³-hybridized carbons (Fsp3) is 0.0833. The van der Waals surface area contributed by atoms with E-state index in [1.807, 2.05) is 6.92 Å². The van der Waals surface area contributed by atoms with Gasteiger partial charge in [-0.2, -0.15) is 0 Å². The van der Waals surface area contributed by atoms with E-state index in [-0.39, 0.29) is 5.56 Å². The average Bonchev–Trinajstić information content (AvgIpc) is 2.68. The Morgan fingerprint density at radius 3 is 2.56 bits per heavy atom. The molecule has 1 heterocycles. The number of ketones is 1. The van der Waals surface area contributed by atoms with E-state index < -0.39 is 17.4 Å². The van der Waals surface area contributed by atoms with Crippen molar-refractivity contribution >= 4 is 17.1 Å². The van der Waals surface area contributed by atoms with Crippen molar-refractivity contribution in [2.24, 2.45) is 0 Å². The van der Waals surface area contributed by atoms with Gasteiger partial charge in [-0.3, -0.25) is 4.79 Å². The highest BCUT2D eigenvalue weighted by Crippen LogP contribution is 2.21. The molecule has 0 radical (unpaired) electrons. The summed E-state index contributed by atoms with van der Waals surface area (Å²) in [5.74, 6) is -2.56. The predicted octanol–water partition coefficient (Wildman–Crippen LogP) is 3.57. The van der Waals surface area contributed by atoms with Gasteiger partial charge in [0.2, 0.25) is 5.78 Å². The third kappa shape index (κ3) is 1.88. The maximum absolute atomic E-state index is 13.4. The van der Waals surface area contributed by atoms with E-state index in [0.29, 0.717) is 4.88 Å². The molecule has 0 amide bonds. The number of hydrogen-bond donors (Lipinski definition) is 0. The van der Waals surface area contributed by atoms with Crippen LogP contribution >= 0.6 is 11.3 Å². The van der Waals surface area contributed by atoms with Crippen LogP contribution in [0.15, 0.2) is 30.3 Å². The van der Waals surface area contributed by atoms with Crippen molar-refractivity contribution in [2.75, 3.05) is 0 Å². The molecule has 0 unspecified atom stereocenters. The van der Waals surface area contributed by atoms with Crippen LogP contribution in [0.5, 0.6) is 0 Å². The van der Waals surface area contributed by atoms with Crippen molar-refractivity contribution in [2.45, 2.75) is 6.92 Å². The Labute approximate surface area is 95.4 Å². The van der Waals surface area contributed by atoms with Crippen LogP contribution in [0.4, 0.5) is 8.78 Å². The van der Waals surface area contributed by atoms with Crippen LogP contribution in [0.3, 0.4) is 0 Å². The van der Waals surface area contributed by atoms with Gasteiger partial charge in [0.05, 0.1) is 10.4 Å². The molecule has 0 spiro atoms. The second-order valence-electron chi connectivity index (χ2n) is 3.34. The number of rotatable bonds is 2. The molecule has 1 aromatic carbocycles. The maximum Gasteiger partial charge on any atom is 0.206 e. The molecule has 1 nitrogen and oxygen atoms in total. The van der Waals surface area contributed by atoms with E-state index in [1.54, 1.807) is 12.1 Å². The van der Waals surface area contributed by atoms with Crippen LogP contribution in [-0.4, -0.2) is 5.78 Å². The summed E-state index contributed by atoms with van der Waals surface area (Å²) in [5.41, 5.74) is -0.221. The Morgan fingerprint density at radius 2 is 1.94 bits per heavy atom. The molecule has 1 aromatic heterocycles. The largest absolute Gasteiger partial charge is 0.288 e. The molecule has 0 aliphatic carbocycles. The van der Waals surface area contributed by atoms with E-state index in [2.05, 4.69) is 0 Å². The van der Waals surface area contributed by atoms with Crippen molar-refractivity contribution in [1.82, 2.24) is 0 Å². The molecule has 0 bridgehead atoms. The zero-order valence-electron chi connectivity index (χ0n) is 8.46. The van der Waals surface area contributed by atoms with E-state index >= 15 is 0 Å². The van der Waals surface area contributed by atoms with Crippen LogP contribution in [-0.2, 0) is 0 Å². The quantitative estimate of drug-likeness (QED) is 0.731. The summed E-state index contributed by atoms with van der Waals surface area (Å²) < 4.78 is 26.3. The van der Waals surface area contributed by atoms with Gasteiger partial charge in [-0.25, -0.2) is 8.78 Å². The zero-order valence-corrected chi connectivity index (χ0v) is 9.28. The molecule has 2 rings (SSSR count). The smallest absolute Gasteiger partial charge is 0.206 e. The number of carbonyl (C=O) groups is 1. The van der Waals surface area contributed by atoms with Gasteiger partial charge in [-0.05, 0) is 31.2 Å². The summed E-state index contributed by atoms with van der Waals surface area (Å²) in [4.78, 5) is 13.2. The standard InChI is InChI=1S/C12H8F2OS/c1-7-5-6-10(16-7)12(15)8-3-2-4-9(13)11(8)14/h2-6H,1H3.